The highest BCUT2D eigenvalue weighted by Crippen LogP contribution is 2.09. The van der Waals surface area contributed by atoms with Gasteiger partial charge in [0.15, 0.2) is 0 Å². The molecule has 0 saturated carbocycles. The summed E-state index contributed by atoms with van der Waals surface area (Å²) < 4.78 is 1.22. The number of aliphatic hydroxyl groups excluding tert-OH is 2. The van der Waals surface area contributed by atoms with Crippen molar-refractivity contribution in [3.05, 3.63) is 27.0 Å². The molecular formula is C12H20N4O4. The first-order chi connectivity index (χ1) is 9.51. The first-order valence-electron chi connectivity index (χ1n) is 6.57. The molecule has 1 atom stereocenters. The number of aliphatic hydroxyl groups is 2. The van der Waals surface area contributed by atoms with E-state index in [-0.39, 0.29) is 6.54 Å². The minimum atomic E-state index is -1.03. The molecule has 1 unspecified atom stereocenters. The third kappa shape index (κ3) is 3.27. The fraction of sp³-hybridized carbons (Fsp3) is 0.667. The number of aromatic amines is 1. The molecule has 8 heteroatoms. The van der Waals surface area contributed by atoms with E-state index in [9.17, 15) is 14.7 Å². The van der Waals surface area contributed by atoms with Gasteiger partial charge in [-0.1, -0.05) is 0 Å². The standard InChI is InChI=1S/C12H20N4O4/c1-14-2-4-15(5-3-14)10-7-16(6-9(18)8-17)12(20)13-11(10)19/h7,9,17-18H,2-6,8H2,1H3,(H,13,19,20). The molecule has 0 aliphatic carbocycles. The number of anilines is 1. The van der Waals surface area contributed by atoms with Crippen LogP contribution in [-0.4, -0.2) is 70.6 Å². The molecule has 1 fully saturated rings. The topological polar surface area (TPSA) is 102 Å². The van der Waals surface area contributed by atoms with Crippen molar-refractivity contribution >= 4 is 5.69 Å². The molecule has 1 aromatic rings. The second-order valence-corrected chi connectivity index (χ2v) is 5.05. The molecule has 20 heavy (non-hydrogen) atoms. The molecule has 0 bridgehead atoms. The van der Waals surface area contributed by atoms with Gasteiger partial charge in [0.1, 0.15) is 5.69 Å². The summed E-state index contributed by atoms with van der Waals surface area (Å²) in [6.07, 6.45) is 0.421. The van der Waals surface area contributed by atoms with Gasteiger partial charge in [0, 0.05) is 32.4 Å². The number of piperazine rings is 1. The van der Waals surface area contributed by atoms with Gasteiger partial charge in [0.25, 0.3) is 5.56 Å². The Labute approximate surface area is 115 Å². The predicted molar refractivity (Wildman–Crippen MR) is 74.1 cm³/mol. The predicted octanol–water partition coefficient (Wildman–Crippen LogP) is -2.36. The average Bonchev–Trinajstić information content (AvgIpc) is 2.43. The van der Waals surface area contributed by atoms with Gasteiger partial charge in [-0.15, -0.1) is 0 Å². The van der Waals surface area contributed by atoms with Crippen molar-refractivity contribution in [2.75, 3.05) is 44.7 Å². The Hall–Kier alpha value is -1.64. The van der Waals surface area contributed by atoms with Gasteiger partial charge in [0.05, 0.1) is 19.3 Å². The third-order valence-electron chi connectivity index (χ3n) is 3.45. The Bertz CT molecular complexity index is 559. The Kier molecular flexibility index (Phi) is 4.58. The van der Waals surface area contributed by atoms with Crippen LogP contribution in [0, 0.1) is 0 Å². The van der Waals surface area contributed by atoms with Crippen molar-refractivity contribution in [2.24, 2.45) is 0 Å². The number of nitrogens with one attached hydrogen (secondary N) is 1. The van der Waals surface area contributed by atoms with Crippen molar-refractivity contribution < 1.29 is 10.2 Å². The lowest BCUT2D eigenvalue weighted by Gasteiger charge is -2.33. The summed E-state index contributed by atoms with van der Waals surface area (Å²) in [5.74, 6) is 0. The minimum absolute atomic E-state index is 0.0488. The molecule has 0 aromatic carbocycles. The Morgan fingerprint density at radius 3 is 2.55 bits per heavy atom. The molecule has 2 rings (SSSR count). The largest absolute Gasteiger partial charge is 0.394 e. The molecule has 1 aliphatic heterocycles. The lowest BCUT2D eigenvalue weighted by molar-refractivity contribution is 0.0800. The molecule has 1 saturated heterocycles. The van der Waals surface area contributed by atoms with Gasteiger partial charge >= 0.3 is 5.69 Å². The summed E-state index contributed by atoms with van der Waals surface area (Å²) in [7, 11) is 2.01. The number of H-pyrrole nitrogens is 1. The summed E-state index contributed by atoms with van der Waals surface area (Å²) >= 11 is 0. The molecule has 8 nitrogen and oxygen atoms in total. The maximum atomic E-state index is 11.9. The maximum absolute atomic E-state index is 11.9. The molecule has 0 radical (unpaired) electrons. The smallest absolute Gasteiger partial charge is 0.328 e. The van der Waals surface area contributed by atoms with Crippen molar-refractivity contribution in [1.82, 2.24) is 14.5 Å². The van der Waals surface area contributed by atoms with E-state index >= 15 is 0 Å². The van der Waals surface area contributed by atoms with Crippen molar-refractivity contribution in [3.63, 3.8) is 0 Å². The molecular weight excluding hydrogens is 264 g/mol. The van der Waals surface area contributed by atoms with Gasteiger partial charge < -0.3 is 20.0 Å². The van der Waals surface area contributed by atoms with Crippen molar-refractivity contribution in [1.29, 1.82) is 0 Å². The average molecular weight is 284 g/mol. The number of nitrogens with zero attached hydrogens (tertiary/aromatic N) is 3. The van der Waals surface area contributed by atoms with Gasteiger partial charge in [0.2, 0.25) is 0 Å². The van der Waals surface area contributed by atoms with E-state index in [0.29, 0.717) is 18.8 Å². The van der Waals surface area contributed by atoms with E-state index in [2.05, 4.69) is 9.88 Å². The Morgan fingerprint density at radius 2 is 1.95 bits per heavy atom. The molecule has 3 N–H and O–H groups in total. The number of hydrogen-bond donors (Lipinski definition) is 3. The van der Waals surface area contributed by atoms with Crippen LogP contribution in [0.4, 0.5) is 5.69 Å². The van der Waals surface area contributed by atoms with Crippen LogP contribution in [0.1, 0.15) is 0 Å². The second kappa shape index (κ2) is 6.21. The number of hydrogen-bond acceptors (Lipinski definition) is 6. The second-order valence-electron chi connectivity index (χ2n) is 5.05. The fourth-order valence-corrected chi connectivity index (χ4v) is 2.19. The minimum Gasteiger partial charge on any atom is -0.394 e. The first-order valence-corrected chi connectivity index (χ1v) is 6.57. The summed E-state index contributed by atoms with van der Waals surface area (Å²) in [5, 5.41) is 18.3. The summed E-state index contributed by atoms with van der Waals surface area (Å²) in [4.78, 5) is 29.9. The summed E-state index contributed by atoms with van der Waals surface area (Å²) in [5.41, 5.74) is -0.586. The molecule has 0 amide bonds. The van der Waals surface area contributed by atoms with E-state index in [1.807, 2.05) is 11.9 Å². The van der Waals surface area contributed by atoms with Crippen LogP contribution in [0.5, 0.6) is 0 Å². The normalized spacial score (nSPS) is 18.2. The Morgan fingerprint density at radius 1 is 1.30 bits per heavy atom. The van der Waals surface area contributed by atoms with E-state index < -0.39 is 24.0 Å². The highest BCUT2D eigenvalue weighted by molar-refractivity contribution is 5.42. The number of rotatable bonds is 4. The van der Waals surface area contributed by atoms with E-state index in [1.165, 1.54) is 10.8 Å². The summed E-state index contributed by atoms with van der Waals surface area (Å²) in [6, 6.07) is 0. The highest BCUT2D eigenvalue weighted by atomic mass is 16.3. The monoisotopic (exact) mass is 284 g/mol. The van der Waals surface area contributed by atoms with E-state index in [1.54, 1.807) is 0 Å². The van der Waals surface area contributed by atoms with Crippen LogP contribution >= 0.6 is 0 Å². The zero-order chi connectivity index (χ0) is 14.7. The zero-order valence-electron chi connectivity index (χ0n) is 11.4. The molecule has 0 spiro atoms. The quantitative estimate of drug-likeness (QED) is 0.572. The zero-order valence-corrected chi connectivity index (χ0v) is 11.4. The van der Waals surface area contributed by atoms with Crippen LogP contribution in [-0.2, 0) is 6.54 Å². The van der Waals surface area contributed by atoms with E-state index in [0.717, 1.165) is 13.1 Å². The maximum Gasteiger partial charge on any atom is 0.328 e. The van der Waals surface area contributed by atoms with Crippen LogP contribution in [0.3, 0.4) is 0 Å². The van der Waals surface area contributed by atoms with Crippen LogP contribution in [0.15, 0.2) is 15.8 Å². The van der Waals surface area contributed by atoms with Crippen LogP contribution in [0.25, 0.3) is 0 Å². The third-order valence-corrected chi connectivity index (χ3v) is 3.45. The fourth-order valence-electron chi connectivity index (χ4n) is 2.19. The molecule has 112 valence electrons. The van der Waals surface area contributed by atoms with E-state index in [4.69, 9.17) is 5.11 Å². The SMILES string of the molecule is CN1CCN(c2cn(CC(O)CO)c(=O)[nH]c2=O)CC1. The summed E-state index contributed by atoms with van der Waals surface area (Å²) in [6.45, 7) is 2.62. The lowest BCUT2D eigenvalue weighted by atomic mass is 10.3. The van der Waals surface area contributed by atoms with Crippen LogP contribution in [0.2, 0.25) is 0 Å². The van der Waals surface area contributed by atoms with Gasteiger partial charge in [-0.05, 0) is 7.05 Å². The first kappa shape index (κ1) is 14.8. The van der Waals surface area contributed by atoms with Crippen molar-refractivity contribution in [2.45, 2.75) is 12.6 Å². The highest BCUT2D eigenvalue weighted by Gasteiger charge is 2.18. The number of likely N-dealkylation sites (N-methyl/N-ethyl adjacent to an activating group) is 1. The molecule has 2 heterocycles. The van der Waals surface area contributed by atoms with Crippen molar-refractivity contribution in [3.8, 4) is 0 Å². The van der Waals surface area contributed by atoms with Crippen LogP contribution < -0.4 is 16.1 Å². The lowest BCUT2D eigenvalue weighted by Crippen LogP contribution is -2.47. The van der Waals surface area contributed by atoms with Gasteiger partial charge in [-0.25, -0.2) is 4.79 Å². The van der Waals surface area contributed by atoms with Gasteiger partial charge in [-0.2, -0.15) is 0 Å². The molecule has 1 aliphatic rings. The number of aromatic nitrogens is 2. The Balaban J connectivity index is 2.27. The molecule has 1 aromatic heterocycles. The van der Waals surface area contributed by atoms with Gasteiger partial charge in [-0.3, -0.25) is 14.3 Å².